The van der Waals surface area contributed by atoms with E-state index in [4.69, 9.17) is 21.9 Å². The van der Waals surface area contributed by atoms with Crippen LogP contribution < -0.4 is 59.2 Å². The number of benzene rings is 1. The lowest BCUT2D eigenvalue weighted by Gasteiger charge is -2.25. The minimum Gasteiger partial charge on any atom is -0.497 e. The number of methoxy groups -OCH3 is 1. The number of nitrogens with two attached hydrogens (primary N) is 3. The lowest BCUT2D eigenvalue weighted by Crippen LogP contribution is -2.57. The molecule has 0 unspecified atom stereocenters. The molecule has 0 aliphatic heterocycles. The molecule has 0 spiro atoms. The van der Waals surface area contributed by atoms with Gasteiger partial charge in [0.05, 0.1) is 26.2 Å². The van der Waals surface area contributed by atoms with Gasteiger partial charge in [0, 0.05) is 13.1 Å². The first-order chi connectivity index (χ1) is 27.4. The number of carbonyl (C=O) groups is 7. The van der Waals surface area contributed by atoms with E-state index in [1.807, 2.05) is 38.1 Å². The summed E-state index contributed by atoms with van der Waals surface area (Å²) in [6, 6.07) is 2.23. The highest BCUT2D eigenvalue weighted by molar-refractivity contribution is 5.95. The predicted molar refractivity (Wildman–Crippen MR) is 218 cm³/mol. The molecule has 0 saturated heterocycles. The maximum atomic E-state index is 13.3. The van der Waals surface area contributed by atoms with Crippen molar-refractivity contribution in [2.45, 2.75) is 110 Å². The number of carboxylic acid groups (broad SMARTS) is 1. The second kappa shape index (κ2) is 27.2. The van der Waals surface area contributed by atoms with Crippen molar-refractivity contribution in [1.29, 1.82) is 0 Å². The Hall–Kier alpha value is -5.50. The fourth-order valence-electron chi connectivity index (χ4n) is 5.40. The fourth-order valence-corrected chi connectivity index (χ4v) is 5.40. The molecule has 1 aromatic rings. The Labute approximate surface area is 340 Å². The van der Waals surface area contributed by atoms with Crippen molar-refractivity contribution in [2.24, 2.45) is 34.0 Å². The van der Waals surface area contributed by atoms with Crippen LogP contribution in [-0.4, -0.2) is 116 Å². The van der Waals surface area contributed by atoms with Crippen LogP contribution in [-0.2, 0) is 40.1 Å². The van der Waals surface area contributed by atoms with Crippen molar-refractivity contribution in [3.05, 3.63) is 29.8 Å². The topological polar surface area (TPSA) is 324 Å². The van der Waals surface area contributed by atoms with Crippen LogP contribution in [0, 0.1) is 11.8 Å². The molecule has 14 N–H and O–H groups in total. The summed E-state index contributed by atoms with van der Waals surface area (Å²) in [7, 11) is 1.60. The van der Waals surface area contributed by atoms with Gasteiger partial charge in [-0.15, -0.1) is 0 Å². The molecule has 0 heterocycles. The third-order valence-electron chi connectivity index (χ3n) is 9.19. The summed E-state index contributed by atoms with van der Waals surface area (Å²) in [6.07, 6.45) is 2.37. The number of aliphatic imine (C=N–C) groups is 1. The van der Waals surface area contributed by atoms with Gasteiger partial charge in [0.25, 0.3) is 0 Å². The Morgan fingerprint density at radius 1 is 0.793 bits per heavy atom. The standard InChI is InChI=1S/C38H65N11O9/c1-7-23(4)31(39)35(54)45-20-29(50)47-27(14-8-9-16-42-19-25-12-10-13-26(18-25)58-6)34(53)44-21-30(51)49-32(22(2)3)36(55)46-24(5)33(52)48-28(37(56)57)15-11-17-43-38(40)41/h10,12-13,18,22-24,27-28,31-32,42H,7-9,11,14-17,19-21,39H2,1-6H3,(H,44,53)(H,45,54)(H,46,55)(H,47,50)(H,48,52)(H,49,51)(H,56,57)(H4,40,41,43)/t23-,24-,27-,28-,31-,32-/m0/s1. The molecule has 326 valence electrons. The van der Waals surface area contributed by atoms with E-state index in [1.165, 1.54) is 6.92 Å². The van der Waals surface area contributed by atoms with Crippen molar-refractivity contribution >= 4 is 47.4 Å². The van der Waals surface area contributed by atoms with Gasteiger partial charge in [-0.25, -0.2) is 4.79 Å². The van der Waals surface area contributed by atoms with Gasteiger partial charge in [0.2, 0.25) is 35.4 Å². The monoisotopic (exact) mass is 819 g/mol. The van der Waals surface area contributed by atoms with E-state index in [0.717, 1.165) is 11.3 Å². The molecule has 20 heteroatoms. The molecule has 0 fully saturated rings. The molecule has 0 bridgehead atoms. The molecule has 0 radical (unpaired) electrons. The number of carboxylic acids is 1. The Morgan fingerprint density at radius 3 is 2.03 bits per heavy atom. The fraction of sp³-hybridized carbons (Fsp3) is 0.632. The van der Waals surface area contributed by atoms with E-state index in [9.17, 15) is 38.7 Å². The zero-order valence-electron chi connectivity index (χ0n) is 34.5. The van der Waals surface area contributed by atoms with Gasteiger partial charge in [-0.1, -0.05) is 46.2 Å². The second-order valence-electron chi connectivity index (χ2n) is 14.4. The highest BCUT2D eigenvalue weighted by Gasteiger charge is 2.29. The average molecular weight is 820 g/mol. The number of nitrogens with zero attached hydrogens (tertiary/aromatic N) is 1. The first-order valence-electron chi connectivity index (χ1n) is 19.5. The molecule has 0 aliphatic rings. The first kappa shape index (κ1) is 50.5. The molecule has 0 aliphatic carbocycles. The lowest BCUT2D eigenvalue weighted by atomic mass is 9.99. The summed E-state index contributed by atoms with van der Waals surface area (Å²) in [5.74, 6) is -5.21. The third kappa shape index (κ3) is 20.1. The van der Waals surface area contributed by atoms with Gasteiger partial charge in [0.1, 0.15) is 29.9 Å². The van der Waals surface area contributed by atoms with Crippen molar-refractivity contribution in [3.8, 4) is 5.75 Å². The van der Waals surface area contributed by atoms with Crippen LogP contribution in [0.5, 0.6) is 5.75 Å². The first-order valence-corrected chi connectivity index (χ1v) is 19.5. The van der Waals surface area contributed by atoms with Gasteiger partial charge >= 0.3 is 5.97 Å². The number of unbranched alkanes of at least 4 members (excludes halogenated alkanes) is 1. The number of hydrogen-bond donors (Lipinski definition) is 11. The Balaban J connectivity index is 2.83. The van der Waals surface area contributed by atoms with Crippen molar-refractivity contribution in [1.82, 2.24) is 37.2 Å². The summed E-state index contributed by atoms with van der Waals surface area (Å²) < 4.78 is 5.26. The van der Waals surface area contributed by atoms with Gasteiger partial charge < -0.3 is 64.3 Å². The number of guanidine groups is 1. The van der Waals surface area contributed by atoms with E-state index in [2.05, 4.69) is 42.2 Å². The summed E-state index contributed by atoms with van der Waals surface area (Å²) >= 11 is 0. The molecule has 6 atom stereocenters. The molecule has 6 amide bonds. The summed E-state index contributed by atoms with van der Waals surface area (Å²) in [4.78, 5) is 93.0. The lowest BCUT2D eigenvalue weighted by molar-refractivity contribution is -0.142. The number of nitrogens with one attached hydrogen (secondary N) is 7. The summed E-state index contributed by atoms with van der Waals surface area (Å²) in [6.45, 7) is 8.83. The highest BCUT2D eigenvalue weighted by atomic mass is 16.5. The summed E-state index contributed by atoms with van der Waals surface area (Å²) in [5.41, 5.74) is 17.5. The number of hydrogen-bond acceptors (Lipinski definition) is 11. The Morgan fingerprint density at radius 2 is 1.43 bits per heavy atom. The minimum absolute atomic E-state index is 0.0331. The van der Waals surface area contributed by atoms with Crippen molar-refractivity contribution in [3.63, 3.8) is 0 Å². The average Bonchev–Trinajstić information content (AvgIpc) is 3.18. The number of amides is 6. The molecule has 0 saturated carbocycles. The van der Waals surface area contributed by atoms with Crippen LogP contribution >= 0.6 is 0 Å². The minimum atomic E-state index is -1.28. The number of ether oxygens (including phenoxy) is 1. The van der Waals surface area contributed by atoms with Crippen LogP contribution in [0.15, 0.2) is 29.3 Å². The molecule has 0 aromatic heterocycles. The van der Waals surface area contributed by atoms with Crippen LogP contribution in [0.25, 0.3) is 0 Å². The Bertz CT molecular complexity index is 1540. The molecular weight excluding hydrogens is 754 g/mol. The number of carbonyl (C=O) groups excluding carboxylic acids is 6. The smallest absolute Gasteiger partial charge is 0.326 e. The normalized spacial score (nSPS) is 14.0. The highest BCUT2D eigenvalue weighted by Crippen LogP contribution is 2.12. The van der Waals surface area contributed by atoms with E-state index >= 15 is 0 Å². The van der Waals surface area contributed by atoms with Gasteiger partial charge in [0.15, 0.2) is 5.96 Å². The Kier molecular flexibility index (Phi) is 23.7. The molecule has 1 rings (SSSR count). The van der Waals surface area contributed by atoms with Gasteiger partial charge in [-0.05, 0) is 75.1 Å². The van der Waals surface area contributed by atoms with Crippen LogP contribution in [0.3, 0.4) is 0 Å². The quantitative estimate of drug-likeness (QED) is 0.0256. The summed E-state index contributed by atoms with van der Waals surface area (Å²) in [5, 5.41) is 27.9. The maximum Gasteiger partial charge on any atom is 0.326 e. The van der Waals surface area contributed by atoms with Gasteiger partial charge in [-0.2, -0.15) is 0 Å². The molecule has 58 heavy (non-hydrogen) atoms. The number of rotatable bonds is 28. The van der Waals surface area contributed by atoms with Gasteiger partial charge in [-0.3, -0.25) is 33.8 Å². The molecule has 20 nitrogen and oxygen atoms in total. The van der Waals surface area contributed by atoms with Crippen LogP contribution in [0.1, 0.15) is 78.7 Å². The predicted octanol–water partition coefficient (Wildman–Crippen LogP) is -1.69. The second-order valence-corrected chi connectivity index (χ2v) is 14.4. The van der Waals surface area contributed by atoms with E-state index < -0.39 is 90.6 Å². The molecule has 1 aromatic carbocycles. The third-order valence-corrected chi connectivity index (χ3v) is 9.19. The van der Waals surface area contributed by atoms with Crippen LogP contribution in [0.2, 0.25) is 0 Å². The van der Waals surface area contributed by atoms with E-state index in [1.54, 1.807) is 21.0 Å². The number of aliphatic carboxylic acids is 1. The van der Waals surface area contributed by atoms with Crippen molar-refractivity contribution < 1.29 is 43.4 Å². The van der Waals surface area contributed by atoms with Crippen molar-refractivity contribution in [2.75, 3.05) is 33.3 Å². The SMILES string of the molecule is CC[C@H](C)[C@H](N)C(=O)NCC(=O)N[C@@H](CCCCNCc1cccc(OC)c1)C(=O)NCC(=O)N[C@H](C(=O)N[C@@H](C)C(=O)N[C@@H](CCCN=C(N)N)C(=O)O)C(C)C. The maximum absolute atomic E-state index is 13.3. The zero-order chi connectivity index (χ0) is 43.8. The van der Waals surface area contributed by atoms with Crippen LogP contribution in [0.4, 0.5) is 0 Å². The largest absolute Gasteiger partial charge is 0.497 e. The zero-order valence-corrected chi connectivity index (χ0v) is 34.5. The molecular formula is C38H65N11O9. The van der Waals surface area contributed by atoms with E-state index in [0.29, 0.717) is 32.4 Å². The van der Waals surface area contributed by atoms with E-state index in [-0.39, 0.29) is 37.7 Å².